The Morgan fingerprint density at radius 2 is 1.80 bits per heavy atom. The number of nitrogens with one attached hydrogen (secondary N) is 4. The van der Waals surface area contributed by atoms with Crippen LogP contribution in [0, 0.1) is 23.2 Å². The third-order valence-electron chi connectivity index (χ3n) is 10.9. The fraction of sp³-hybridized carbons (Fsp3) is 0.543. The predicted octanol–water partition coefficient (Wildman–Crippen LogP) is 3.66. The molecular weight excluding hydrogens is 584 g/mol. The number of amides is 1. The Hall–Kier alpha value is -3.21. The van der Waals surface area contributed by atoms with E-state index in [1.165, 1.54) is 43.0 Å². The van der Waals surface area contributed by atoms with Gasteiger partial charge in [0.1, 0.15) is 4.91 Å². The molecular formula is C35H48N6O3S. The monoisotopic (exact) mass is 632 g/mol. The molecule has 6 rings (SSSR count). The van der Waals surface area contributed by atoms with Crippen molar-refractivity contribution in [3.05, 3.63) is 70.8 Å². The normalized spacial score (nSPS) is 26.6. The minimum Gasteiger partial charge on any atom is -0.393 e. The molecule has 3 heterocycles. The number of piperidine rings is 1. The van der Waals surface area contributed by atoms with Gasteiger partial charge in [-0.1, -0.05) is 30.7 Å². The van der Waals surface area contributed by atoms with E-state index in [2.05, 4.69) is 50.0 Å². The van der Waals surface area contributed by atoms with Crippen molar-refractivity contribution in [3.63, 3.8) is 0 Å². The van der Waals surface area contributed by atoms with Crippen LogP contribution in [0.2, 0.25) is 0 Å². The van der Waals surface area contributed by atoms with Crippen molar-refractivity contribution in [3.8, 4) is 0 Å². The molecule has 2 saturated heterocycles. The van der Waals surface area contributed by atoms with E-state index in [9.17, 15) is 13.2 Å². The largest absolute Gasteiger partial charge is 0.393 e. The molecule has 3 atom stereocenters. The second-order valence-electron chi connectivity index (χ2n) is 13.5. The van der Waals surface area contributed by atoms with Crippen molar-refractivity contribution in [2.75, 3.05) is 51.2 Å². The summed E-state index contributed by atoms with van der Waals surface area (Å²) in [6.45, 7) is 8.80. The lowest BCUT2D eigenvalue weighted by Gasteiger charge is -2.53. The average molecular weight is 633 g/mol. The molecule has 1 saturated carbocycles. The summed E-state index contributed by atoms with van der Waals surface area (Å²) in [6, 6.07) is 16.3. The molecule has 0 aromatic heterocycles. The molecule has 1 unspecified atom stereocenters. The number of sulfone groups is 1. The highest BCUT2D eigenvalue weighted by Crippen LogP contribution is 2.52. The Kier molecular flexibility index (Phi) is 9.36. The van der Waals surface area contributed by atoms with E-state index in [0.29, 0.717) is 17.8 Å². The lowest BCUT2D eigenvalue weighted by molar-refractivity contribution is -0.120. The number of hydrogen-bond acceptors (Lipinski definition) is 8. The van der Waals surface area contributed by atoms with Crippen LogP contribution in [0.3, 0.4) is 0 Å². The number of anilines is 1. The second-order valence-corrected chi connectivity index (χ2v) is 15.4. The van der Waals surface area contributed by atoms with Crippen molar-refractivity contribution in [1.82, 2.24) is 20.9 Å². The second kappa shape index (κ2) is 13.3. The summed E-state index contributed by atoms with van der Waals surface area (Å²) in [5, 5.41) is 17.3. The van der Waals surface area contributed by atoms with Crippen molar-refractivity contribution >= 4 is 27.6 Å². The third-order valence-corrected chi connectivity index (χ3v) is 12.6. The van der Waals surface area contributed by atoms with Crippen LogP contribution in [0.5, 0.6) is 0 Å². The number of nitrogens with zero attached hydrogens (tertiary/aromatic N) is 2. The highest BCUT2D eigenvalue weighted by atomic mass is 32.2. The first-order valence-electron chi connectivity index (χ1n) is 16.5. The van der Waals surface area contributed by atoms with Crippen LogP contribution in [0.4, 0.5) is 5.69 Å². The Labute approximate surface area is 268 Å². The van der Waals surface area contributed by atoms with E-state index in [1.807, 2.05) is 12.1 Å². The molecule has 4 N–H and O–H groups in total. The van der Waals surface area contributed by atoms with Gasteiger partial charge in [0.25, 0.3) is 0 Å². The summed E-state index contributed by atoms with van der Waals surface area (Å²) in [7, 11) is -2.09. The van der Waals surface area contributed by atoms with Gasteiger partial charge < -0.3 is 31.2 Å². The van der Waals surface area contributed by atoms with Crippen molar-refractivity contribution in [1.29, 1.82) is 5.41 Å². The molecule has 0 bridgehead atoms. The van der Waals surface area contributed by atoms with E-state index >= 15 is 0 Å². The topological polar surface area (TPSA) is 118 Å². The number of carbonyl (C=O) groups excluding carboxylic acids is 1. The molecule has 3 aliphatic heterocycles. The summed E-state index contributed by atoms with van der Waals surface area (Å²) in [5.74, 6) is 1.71. The number of rotatable bonds is 10. The number of allylic oxidation sites excluding steroid dienone is 1. The first-order valence-corrected chi connectivity index (χ1v) is 18.0. The highest BCUT2D eigenvalue weighted by molar-refractivity contribution is 7.96. The molecule has 242 valence electrons. The fourth-order valence-electron chi connectivity index (χ4n) is 8.84. The van der Waals surface area contributed by atoms with E-state index in [-0.39, 0.29) is 27.2 Å². The first kappa shape index (κ1) is 31.8. The smallest absolute Gasteiger partial charge is 0.217 e. The van der Waals surface area contributed by atoms with Gasteiger partial charge in [0, 0.05) is 82.2 Å². The number of benzene rings is 2. The van der Waals surface area contributed by atoms with Gasteiger partial charge in [0.2, 0.25) is 15.7 Å². The fourth-order valence-corrected chi connectivity index (χ4v) is 10.0. The third kappa shape index (κ3) is 6.16. The van der Waals surface area contributed by atoms with Gasteiger partial charge in [-0.3, -0.25) is 4.79 Å². The maximum absolute atomic E-state index is 12.8. The maximum Gasteiger partial charge on any atom is 0.217 e. The van der Waals surface area contributed by atoms with Crippen LogP contribution in [0.25, 0.3) is 0 Å². The van der Waals surface area contributed by atoms with Crippen LogP contribution >= 0.6 is 0 Å². The Balaban J connectivity index is 1.08. The molecule has 9 nitrogen and oxygen atoms in total. The average Bonchev–Trinajstić information content (AvgIpc) is 3.49. The van der Waals surface area contributed by atoms with Gasteiger partial charge in [-0.05, 0) is 86.0 Å². The van der Waals surface area contributed by atoms with Gasteiger partial charge in [0.05, 0.1) is 4.90 Å². The molecule has 1 aliphatic carbocycles. The summed E-state index contributed by atoms with van der Waals surface area (Å²) in [6.07, 6.45) is 7.96. The Morgan fingerprint density at radius 3 is 2.49 bits per heavy atom. The summed E-state index contributed by atoms with van der Waals surface area (Å²) in [4.78, 5) is 17.3. The molecule has 2 aromatic rings. The van der Waals surface area contributed by atoms with Gasteiger partial charge in [0.15, 0.2) is 0 Å². The van der Waals surface area contributed by atoms with E-state index in [1.54, 1.807) is 26.1 Å². The Morgan fingerprint density at radius 1 is 1.07 bits per heavy atom. The number of carbonyl (C=O) groups is 1. The molecule has 10 heteroatoms. The lowest BCUT2D eigenvalue weighted by atomic mass is 9.56. The highest BCUT2D eigenvalue weighted by Gasteiger charge is 2.53. The van der Waals surface area contributed by atoms with Crippen molar-refractivity contribution in [2.24, 2.45) is 17.8 Å². The van der Waals surface area contributed by atoms with Crippen LogP contribution in [-0.4, -0.2) is 77.8 Å². The molecule has 2 aromatic carbocycles. The SMILES string of the molecule is CN/C=C(\C=N)S(=O)(=O)c1ccc(N2CC(CN3CCC(C4([C@@H]5CCC[C@H]5NC(C)=O)CNCc5ccccc54)CC3)C2)cc1. The standard InChI is InChI=1S/C35H48N6O3S/c1-25(42)39-34-9-5-8-33(34)35(24-38-19-27-6-3-4-7-32(27)35)28-14-16-40(17-15-28)21-26-22-41(23-26)29-10-12-30(13-11-29)45(43,44)31(18-36)20-37-2/h3-4,6-7,10-13,18,20,26,28,33-34,36-38H,5,8-9,14-17,19,21-24H2,1-2H3,(H,39,42)/b31-20+,36-18?/t33-,34-,35?/m1/s1. The van der Waals surface area contributed by atoms with Crippen LogP contribution in [-0.2, 0) is 26.6 Å². The van der Waals surface area contributed by atoms with E-state index < -0.39 is 9.84 Å². The van der Waals surface area contributed by atoms with Crippen LogP contribution < -0.4 is 20.9 Å². The zero-order chi connectivity index (χ0) is 31.6. The van der Waals surface area contributed by atoms with Crippen LogP contribution in [0.1, 0.15) is 50.2 Å². The number of hydrogen-bond donors (Lipinski definition) is 4. The molecule has 4 aliphatic rings. The van der Waals surface area contributed by atoms with Gasteiger partial charge in [-0.2, -0.15) is 0 Å². The molecule has 3 fully saturated rings. The number of likely N-dealkylation sites (tertiary alicyclic amines) is 1. The minimum absolute atomic E-state index is 0.0414. The van der Waals surface area contributed by atoms with Gasteiger partial charge in [-0.15, -0.1) is 0 Å². The number of fused-ring (bicyclic) bond motifs is 1. The van der Waals surface area contributed by atoms with Crippen molar-refractivity contribution < 1.29 is 13.2 Å². The Bertz CT molecular complexity index is 1510. The quantitative estimate of drug-likeness (QED) is 0.296. The van der Waals surface area contributed by atoms with Gasteiger partial charge in [-0.25, -0.2) is 8.42 Å². The van der Waals surface area contributed by atoms with Gasteiger partial charge >= 0.3 is 0 Å². The van der Waals surface area contributed by atoms with E-state index in [4.69, 9.17) is 5.41 Å². The lowest BCUT2D eigenvalue weighted by Crippen LogP contribution is -2.59. The molecule has 0 spiro atoms. The van der Waals surface area contributed by atoms with Crippen LogP contribution in [0.15, 0.2) is 64.5 Å². The zero-order valence-electron chi connectivity index (χ0n) is 26.6. The summed E-state index contributed by atoms with van der Waals surface area (Å²) < 4.78 is 25.7. The summed E-state index contributed by atoms with van der Waals surface area (Å²) >= 11 is 0. The van der Waals surface area contributed by atoms with Crippen molar-refractivity contribution in [2.45, 2.75) is 61.9 Å². The predicted molar refractivity (Wildman–Crippen MR) is 179 cm³/mol. The van der Waals surface area contributed by atoms with E-state index in [0.717, 1.165) is 64.1 Å². The molecule has 45 heavy (non-hydrogen) atoms. The minimum atomic E-state index is -3.71. The zero-order valence-corrected chi connectivity index (χ0v) is 27.4. The summed E-state index contributed by atoms with van der Waals surface area (Å²) in [5.41, 5.74) is 4.02. The first-order chi connectivity index (χ1) is 21.8. The molecule has 1 amide bonds. The molecule has 0 radical (unpaired) electrons. The maximum atomic E-state index is 12.8.